The highest BCUT2D eigenvalue weighted by molar-refractivity contribution is 5.53. The van der Waals surface area contributed by atoms with Gasteiger partial charge in [0.1, 0.15) is 5.82 Å². The maximum absolute atomic E-state index is 12.9. The van der Waals surface area contributed by atoms with E-state index in [4.69, 9.17) is 10.5 Å². The van der Waals surface area contributed by atoms with Crippen LogP contribution < -0.4 is 10.5 Å². The molecule has 100 valence electrons. The molecule has 0 atom stereocenters. The highest BCUT2D eigenvalue weighted by Gasteiger charge is 2.14. The molecular weight excluding hydrogens is 243 g/mol. The third kappa shape index (κ3) is 3.22. The minimum atomic E-state index is -0.388. The Balaban J connectivity index is 2.20. The number of nitrogen functional groups attached to an aromatic ring is 1. The van der Waals surface area contributed by atoms with Crippen LogP contribution in [0.5, 0.6) is 11.6 Å². The standard InChI is InChI=1S/C15H17FN2O/c1-15(2,3)10-4-7-14(18-9-10)19-13-6-5-11(16)8-12(13)17/h4-9H,17H2,1-3H3. The smallest absolute Gasteiger partial charge is 0.219 e. The van der Waals surface area contributed by atoms with E-state index < -0.39 is 0 Å². The van der Waals surface area contributed by atoms with Crippen LogP contribution in [0.2, 0.25) is 0 Å². The number of hydrogen-bond donors (Lipinski definition) is 1. The first kappa shape index (κ1) is 13.3. The first-order valence-corrected chi connectivity index (χ1v) is 6.06. The fourth-order valence-corrected chi connectivity index (χ4v) is 1.61. The van der Waals surface area contributed by atoms with Crippen molar-refractivity contribution in [3.8, 4) is 11.6 Å². The van der Waals surface area contributed by atoms with E-state index in [1.54, 1.807) is 12.3 Å². The molecule has 2 N–H and O–H groups in total. The van der Waals surface area contributed by atoms with Crippen molar-refractivity contribution in [1.82, 2.24) is 4.98 Å². The van der Waals surface area contributed by atoms with Crippen molar-refractivity contribution in [1.29, 1.82) is 0 Å². The number of rotatable bonds is 2. The summed E-state index contributed by atoms with van der Waals surface area (Å²) in [7, 11) is 0. The van der Waals surface area contributed by atoms with Crippen molar-refractivity contribution in [3.63, 3.8) is 0 Å². The predicted octanol–water partition coefficient (Wildman–Crippen LogP) is 3.89. The van der Waals surface area contributed by atoms with Gasteiger partial charge in [0.2, 0.25) is 5.88 Å². The Labute approximate surface area is 112 Å². The number of anilines is 1. The molecule has 0 radical (unpaired) electrons. The van der Waals surface area contributed by atoms with E-state index >= 15 is 0 Å². The Kier molecular flexibility index (Phi) is 3.42. The van der Waals surface area contributed by atoms with Gasteiger partial charge < -0.3 is 10.5 Å². The monoisotopic (exact) mass is 260 g/mol. The van der Waals surface area contributed by atoms with Crippen LogP contribution >= 0.6 is 0 Å². The van der Waals surface area contributed by atoms with Gasteiger partial charge in [0.25, 0.3) is 0 Å². The van der Waals surface area contributed by atoms with E-state index in [-0.39, 0.29) is 16.9 Å². The number of aromatic nitrogens is 1. The molecule has 1 heterocycles. The summed E-state index contributed by atoms with van der Waals surface area (Å²) in [5.74, 6) is 0.449. The summed E-state index contributed by atoms with van der Waals surface area (Å²) in [4.78, 5) is 4.23. The van der Waals surface area contributed by atoms with Gasteiger partial charge in [0, 0.05) is 18.3 Å². The van der Waals surface area contributed by atoms with Crippen molar-refractivity contribution in [3.05, 3.63) is 47.9 Å². The Bertz CT molecular complexity index is 574. The number of hydrogen-bond acceptors (Lipinski definition) is 3. The summed E-state index contributed by atoms with van der Waals surface area (Å²) < 4.78 is 18.4. The molecule has 19 heavy (non-hydrogen) atoms. The molecule has 0 saturated carbocycles. The second-order valence-electron chi connectivity index (χ2n) is 5.42. The molecule has 3 nitrogen and oxygen atoms in total. The Morgan fingerprint density at radius 1 is 1.16 bits per heavy atom. The number of halogens is 1. The fraction of sp³-hybridized carbons (Fsp3) is 0.267. The summed E-state index contributed by atoms with van der Waals surface area (Å²) in [5, 5.41) is 0. The first-order valence-electron chi connectivity index (χ1n) is 6.06. The minimum Gasteiger partial charge on any atom is -0.437 e. The summed E-state index contributed by atoms with van der Waals surface area (Å²) in [6.45, 7) is 6.34. The van der Waals surface area contributed by atoms with Gasteiger partial charge >= 0.3 is 0 Å². The lowest BCUT2D eigenvalue weighted by Crippen LogP contribution is -2.11. The third-order valence-corrected chi connectivity index (χ3v) is 2.79. The van der Waals surface area contributed by atoms with Crippen LogP contribution in [0, 0.1) is 5.82 Å². The molecule has 0 aliphatic heterocycles. The van der Waals surface area contributed by atoms with Crippen LogP contribution in [0.1, 0.15) is 26.3 Å². The summed E-state index contributed by atoms with van der Waals surface area (Å²) in [6.07, 6.45) is 1.77. The number of benzene rings is 1. The average molecular weight is 260 g/mol. The second kappa shape index (κ2) is 4.88. The van der Waals surface area contributed by atoms with Gasteiger partial charge in [-0.15, -0.1) is 0 Å². The minimum absolute atomic E-state index is 0.0421. The van der Waals surface area contributed by atoms with Crippen molar-refractivity contribution >= 4 is 5.69 Å². The van der Waals surface area contributed by atoms with E-state index in [1.165, 1.54) is 18.2 Å². The molecule has 2 aromatic rings. The number of nitrogens with two attached hydrogens (primary N) is 1. The molecule has 2 rings (SSSR count). The van der Waals surface area contributed by atoms with E-state index in [9.17, 15) is 4.39 Å². The lowest BCUT2D eigenvalue weighted by atomic mass is 9.88. The molecule has 1 aromatic heterocycles. The van der Waals surface area contributed by atoms with Gasteiger partial charge in [0.15, 0.2) is 5.75 Å². The van der Waals surface area contributed by atoms with Gasteiger partial charge in [0.05, 0.1) is 5.69 Å². The van der Waals surface area contributed by atoms with Gasteiger partial charge in [-0.1, -0.05) is 26.8 Å². The Morgan fingerprint density at radius 2 is 1.89 bits per heavy atom. The van der Waals surface area contributed by atoms with Gasteiger partial charge in [-0.25, -0.2) is 9.37 Å². The van der Waals surface area contributed by atoms with Crippen molar-refractivity contribution in [2.24, 2.45) is 0 Å². The quantitative estimate of drug-likeness (QED) is 0.833. The summed E-state index contributed by atoms with van der Waals surface area (Å²) in [6, 6.07) is 7.75. The van der Waals surface area contributed by atoms with Crippen LogP contribution in [0.4, 0.5) is 10.1 Å². The summed E-state index contributed by atoms with van der Waals surface area (Å²) >= 11 is 0. The highest BCUT2D eigenvalue weighted by atomic mass is 19.1. The zero-order chi connectivity index (χ0) is 14.0. The zero-order valence-corrected chi connectivity index (χ0v) is 11.3. The highest BCUT2D eigenvalue weighted by Crippen LogP contribution is 2.28. The average Bonchev–Trinajstić information content (AvgIpc) is 2.32. The molecule has 0 amide bonds. The van der Waals surface area contributed by atoms with E-state index in [2.05, 4.69) is 25.8 Å². The normalized spacial score (nSPS) is 11.4. The largest absolute Gasteiger partial charge is 0.437 e. The predicted molar refractivity (Wildman–Crippen MR) is 73.8 cm³/mol. The molecule has 0 unspecified atom stereocenters. The number of pyridine rings is 1. The van der Waals surface area contributed by atoms with Crippen LogP contribution in [-0.2, 0) is 5.41 Å². The zero-order valence-electron chi connectivity index (χ0n) is 11.3. The fourth-order valence-electron chi connectivity index (χ4n) is 1.61. The molecule has 0 fully saturated rings. The molecule has 0 aliphatic rings. The van der Waals surface area contributed by atoms with Crippen molar-refractivity contribution in [2.45, 2.75) is 26.2 Å². The van der Waals surface area contributed by atoms with E-state index in [1.807, 2.05) is 6.07 Å². The van der Waals surface area contributed by atoms with Gasteiger partial charge in [-0.3, -0.25) is 0 Å². The Hall–Kier alpha value is -2.10. The maximum atomic E-state index is 12.9. The molecule has 0 saturated heterocycles. The van der Waals surface area contributed by atoms with Crippen LogP contribution in [-0.4, -0.2) is 4.98 Å². The van der Waals surface area contributed by atoms with Crippen molar-refractivity contribution < 1.29 is 9.13 Å². The molecule has 0 aliphatic carbocycles. The van der Waals surface area contributed by atoms with Crippen LogP contribution in [0.3, 0.4) is 0 Å². The first-order chi connectivity index (χ1) is 8.86. The van der Waals surface area contributed by atoms with Gasteiger partial charge in [-0.05, 0) is 23.1 Å². The third-order valence-electron chi connectivity index (χ3n) is 2.79. The topological polar surface area (TPSA) is 48.1 Å². The molecular formula is C15H17FN2O. The van der Waals surface area contributed by atoms with Crippen LogP contribution in [0.15, 0.2) is 36.5 Å². The lowest BCUT2D eigenvalue weighted by Gasteiger charge is -2.18. The summed E-state index contributed by atoms with van der Waals surface area (Å²) in [5.41, 5.74) is 7.09. The number of nitrogens with zero attached hydrogens (tertiary/aromatic N) is 1. The SMILES string of the molecule is CC(C)(C)c1ccc(Oc2ccc(F)cc2N)nc1. The molecule has 0 spiro atoms. The maximum Gasteiger partial charge on any atom is 0.219 e. The second-order valence-corrected chi connectivity index (χ2v) is 5.42. The van der Waals surface area contributed by atoms with E-state index in [0.29, 0.717) is 11.6 Å². The molecule has 4 heteroatoms. The number of ether oxygens (including phenoxy) is 1. The van der Waals surface area contributed by atoms with Gasteiger partial charge in [-0.2, -0.15) is 0 Å². The Morgan fingerprint density at radius 3 is 2.42 bits per heavy atom. The lowest BCUT2D eigenvalue weighted by molar-refractivity contribution is 0.461. The van der Waals surface area contributed by atoms with E-state index in [0.717, 1.165) is 5.56 Å². The molecule has 1 aromatic carbocycles. The molecule has 0 bridgehead atoms. The van der Waals surface area contributed by atoms with Crippen molar-refractivity contribution in [2.75, 3.05) is 5.73 Å². The van der Waals surface area contributed by atoms with Crippen LogP contribution in [0.25, 0.3) is 0 Å².